The second kappa shape index (κ2) is 30.0. The van der Waals surface area contributed by atoms with Crippen LogP contribution in [0.15, 0.2) is 0 Å². The van der Waals surface area contributed by atoms with Crippen LogP contribution in [0.3, 0.4) is 0 Å². The molecule has 0 aromatic heterocycles. The SMILES string of the molecule is C(COCC1CO1)OCC1CO1.CCC(C)C.CCNCC(O)COCCOCC(O)CNC(C)COCC.O. The van der Waals surface area contributed by atoms with Gasteiger partial charge in [0.15, 0.2) is 0 Å². The largest absolute Gasteiger partial charge is 0.412 e. The van der Waals surface area contributed by atoms with E-state index in [0.717, 1.165) is 25.7 Å². The van der Waals surface area contributed by atoms with E-state index in [2.05, 4.69) is 31.4 Å². The quantitative estimate of drug-likeness (QED) is 0.0913. The van der Waals surface area contributed by atoms with Crippen LogP contribution in [-0.2, 0) is 33.2 Å². The third kappa shape index (κ3) is 33.7. The Morgan fingerprint density at radius 2 is 1.18 bits per heavy atom. The average molecular weight is 587 g/mol. The maximum Gasteiger partial charge on any atom is 0.104 e. The molecule has 2 saturated heterocycles. The molecule has 2 aliphatic rings. The van der Waals surface area contributed by atoms with Gasteiger partial charge in [0.05, 0.1) is 84.9 Å². The number of aliphatic hydroxyl groups excluding tert-OH is 2. The van der Waals surface area contributed by atoms with E-state index in [1.165, 1.54) is 6.42 Å². The molecule has 2 heterocycles. The molecule has 0 saturated carbocycles. The molecule has 2 rings (SSSR count). The number of ether oxygens (including phenoxy) is 7. The molecule has 0 radical (unpaired) electrons. The van der Waals surface area contributed by atoms with Gasteiger partial charge in [0.1, 0.15) is 12.2 Å². The van der Waals surface area contributed by atoms with Crippen molar-refractivity contribution < 1.29 is 48.8 Å². The van der Waals surface area contributed by atoms with Crippen molar-refractivity contribution in [1.82, 2.24) is 10.6 Å². The van der Waals surface area contributed by atoms with Gasteiger partial charge in [-0.15, -0.1) is 0 Å². The van der Waals surface area contributed by atoms with Crippen molar-refractivity contribution in [2.45, 2.75) is 78.4 Å². The second-order valence-corrected chi connectivity index (χ2v) is 10.1. The Kier molecular flexibility index (Phi) is 31.2. The molecule has 0 aromatic rings. The van der Waals surface area contributed by atoms with E-state index in [1.807, 2.05) is 20.8 Å². The molecule has 0 aliphatic carbocycles. The zero-order chi connectivity index (χ0) is 29.1. The summed E-state index contributed by atoms with van der Waals surface area (Å²) in [5, 5.41) is 25.5. The first-order chi connectivity index (χ1) is 18.8. The predicted octanol–water partition coefficient (Wildman–Crippen LogP) is 0.410. The predicted molar refractivity (Wildman–Crippen MR) is 156 cm³/mol. The molecule has 2 aliphatic heterocycles. The minimum absolute atomic E-state index is 0. The standard InChI is InChI=1S/C15H34N2O5.C8H14O4.C5H12.H2O/c1-4-16-8-14(18)11-21-6-7-22-12-15(19)9-17-13(3)10-20-5-2;1(9-3-7-5-11-7)2-10-4-8-6-12-8;1-4-5(2)3;/h13-19H,4-12H2,1-3H3;7-8H,1-6H2;5H,4H2,1-3H3;1H2. The number of hydrogen-bond acceptors (Lipinski definition) is 11. The molecule has 12 nitrogen and oxygen atoms in total. The Hall–Kier alpha value is -0.480. The van der Waals surface area contributed by atoms with Gasteiger partial charge in [0.25, 0.3) is 0 Å². The van der Waals surface area contributed by atoms with Crippen molar-refractivity contribution in [3.8, 4) is 0 Å². The fraction of sp³-hybridized carbons (Fsp3) is 1.00. The minimum Gasteiger partial charge on any atom is -0.412 e. The third-order valence-electron chi connectivity index (χ3n) is 5.50. The van der Waals surface area contributed by atoms with E-state index in [4.69, 9.17) is 33.2 Å². The van der Waals surface area contributed by atoms with Crippen molar-refractivity contribution in [1.29, 1.82) is 0 Å². The summed E-state index contributed by atoms with van der Waals surface area (Å²) in [4.78, 5) is 0. The third-order valence-corrected chi connectivity index (χ3v) is 5.50. The highest BCUT2D eigenvalue weighted by molar-refractivity contribution is 4.68. The van der Waals surface area contributed by atoms with Gasteiger partial charge in [-0.3, -0.25) is 0 Å². The van der Waals surface area contributed by atoms with E-state index < -0.39 is 12.2 Å². The van der Waals surface area contributed by atoms with Crippen LogP contribution in [-0.4, -0.2) is 145 Å². The lowest BCUT2D eigenvalue weighted by Crippen LogP contribution is -2.38. The molecule has 0 amide bonds. The molecule has 0 aromatic carbocycles. The first-order valence-electron chi connectivity index (χ1n) is 14.7. The van der Waals surface area contributed by atoms with E-state index in [0.29, 0.717) is 78.2 Å². The second-order valence-electron chi connectivity index (χ2n) is 10.1. The highest BCUT2D eigenvalue weighted by atomic mass is 16.6. The number of hydrogen-bond donors (Lipinski definition) is 4. The minimum atomic E-state index is -0.552. The number of aliphatic hydroxyl groups is 2. The van der Waals surface area contributed by atoms with Gasteiger partial charge in [0, 0.05) is 25.7 Å². The summed E-state index contributed by atoms with van der Waals surface area (Å²) in [7, 11) is 0. The molecule has 244 valence electrons. The summed E-state index contributed by atoms with van der Waals surface area (Å²) in [6.45, 7) is 21.6. The molecule has 0 spiro atoms. The van der Waals surface area contributed by atoms with E-state index in [9.17, 15) is 10.2 Å². The molecule has 40 heavy (non-hydrogen) atoms. The van der Waals surface area contributed by atoms with Crippen molar-refractivity contribution in [2.75, 3.05) is 98.9 Å². The van der Waals surface area contributed by atoms with Gasteiger partial charge in [-0.05, 0) is 26.3 Å². The van der Waals surface area contributed by atoms with E-state index in [1.54, 1.807) is 0 Å². The summed E-state index contributed by atoms with van der Waals surface area (Å²) in [5.74, 6) is 0.884. The molecule has 5 unspecified atom stereocenters. The van der Waals surface area contributed by atoms with Crippen LogP contribution in [0.4, 0.5) is 0 Å². The Morgan fingerprint density at radius 1 is 0.725 bits per heavy atom. The van der Waals surface area contributed by atoms with Crippen LogP contribution in [0.2, 0.25) is 0 Å². The van der Waals surface area contributed by atoms with Gasteiger partial charge >= 0.3 is 0 Å². The Bertz CT molecular complexity index is 484. The molecule has 5 atom stereocenters. The molecule has 12 heteroatoms. The van der Waals surface area contributed by atoms with Crippen molar-refractivity contribution in [3.63, 3.8) is 0 Å². The maximum absolute atomic E-state index is 9.75. The Labute approximate surface area is 243 Å². The van der Waals surface area contributed by atoms with Crippen LogP contribution in [0.1, 0.15) is 48.0 Å². The number of likely N-dealkylation sites (N-methyl/N-ethyl adjacent to an activating group) is 1. The van der Waals surface area contributed by atoms with Crippen LogP contribution in [0, 0.1) is 5.92 Å². The zero-order valence-electron chi connectivity index (χ0n) is 26.0. The number of rotatable bonds is 24. The smallest absolute Gasteiger partial charge is 0.104 e. The number of nitrogens with one attached hydrogen (secondary N) is 2. The lowest BCUT2D eigenvalue weighted by atomic mass is 10.2. The van der Waals surface area contributed by atoms with Crippen molar-refractivity contribution >= 4 is 0 Å². The highest BCUT2D eigenvalue weighted by Gasteiger charge is 2.23. The first kappa shape index (κ1) is 41.7. The molecular formula is C28H62N2O10. The summed E-state index contributed by atoms with van der Waals surface area (Å²) < 4.78 is 36.4. The topological polar surface area (TPSA) is 167 Å². The molecular weight excluding hydrogens is 524 g/mol. The fourth-order valence-corrected chi connectivity index (χ4v) is 2.55. The highest BCUT2D eigenvalue weighted by Crippen LogP contribution is 2.09. The van der Waals surface area contributed by atoms with E-state index >= 15 is 0 Å². The molecule has 6 N–H and O–H groups in total. The van der Waals surface area contributed by atoms with Crippen LogP contribution >= 0.6 is 0 Å². The summed E-state index contributed by atoms with van der Waals surface area (Å²) in [6.07, 6.45) is 0.971. The van der Waals surface area contributed by atoms with Gasteiger partial charge in [-0.25, -0.2) is 0 Å². The normalized spacial score (nSPS) is 19.4. The van der Waals surface area contributed by atoms with Crippen LogP contribution < -0.4 is 10.6 Å². The Balaban J connectivity index is 0. The van der Waals surface area contributed by atoms with Gasteiger partial charge in [-0.2, -0.15) is 0 Å². The first-order valence-corrected chi connectivity index (χ1v) is 14.7. The lowest BCUT2D eigenvalue weighted by Gasteiger charge is -2.17. The van der Waals surface area contributed by atoms with Crippen LogP contribution in [0.25, 0.3) is 0 Å². The average Bonchev–Trinajstić information content (AvgIpc) is 3.85. The maximum atomic E-state index is 9.75. The van der Waals surface area contributed by atoms with Gasteiger partial charge in [0.2, 0.25) is 0 Å². The lowest BCUT2D eigenvalue weighted by molar-refractivity contribution is -0.0168. The Morgan fingerprint density at radius 3 is 1.57 bits per heavy atom. The monoisotopic (exact) mass is 586 g/mol. The number of epoxide rings is 2. The molecule has 0 bridgehead atoms. The summed E-state index contributed by atoms with van der Waals surface area (Å²) >= 11 is 0. The van der Waals surface area contributed by atoms with E-state index in [-0.39, 0.29) is 24.7 Å². The van der Waals surface area contributed by atoms with Gasteiger partial charge < -0.3 is 59.5 Å². The fourth-order valence-electron chi connectivity index (χ4n) is 2.55. The van der Waals surface area contributed by atoms with Crippen molar-refractivity contribution in [2.24, 2.45) is 5.92 Å². The van der Waals surface area contributed by atoms with Crippen molar-refractivity contribution in [3.05, 3.63) is 0 Å². The zero-order valence-corrected chi connectivity index (χ0v) is 26.0. The van der Waals surface area contributed by atoms with Crippen LogP contribution in [0.5, 0.6) is 0 Å². The summed E-state index contributed by atoms with van der Waals surface area (Å²) in [6, 6.07) is 0.205. The summed E-state index contributed by atoms with van der Waals surface area (Å²) in [5.41, 5.74) is 0. The van der Waals surface area contributed by atoms with Gasteiger partial charge in [-0.1, -0.05) is 34.1 Å². The molecule has 2 fully saturated rings.